The van der Waals surface area contributed by atoms with Crippen molar-refractivity contribution in [1.82, 2.24) is 15.1 Å². The van der Waals surface area contributed by atoms with Crippen LogP contribution in [0.25, 0.3) is 11.5 Å². The number of aryl methyl sites for hydroxylation is 1. The van der Waals surface area contributed by atoms with Crippen LogP contribution in [0.4, 0.5) is 0 Å². The molecule has 0 N–H and O–H groups in total. The highest BCUT2D eigenvalue weighted by molar-refractivity contribution is 7.91. The molecule has 0 amide bonds. The molecule has 0 saturated carbocycles. The predicted octanol–water partition coefficient (Wildman–Crippen LogP) is 2.15. The zero-order chi connectivity index (χ0) is 15.4. The third kappa shape index (κ3) is 3.20. The van der Waals surface area contributed by atoms with Crippen molar-refractivity contribution in [2.45, 2.75) is 11.3 Å². The number of hydrogen-bond donors (Lipinski definition) is 0. The van der Waals surface area contributed by atoms with Gasteiger partial charge >= 0.3 is 0 Å². The van der Waals surface area contributed by atoms with Crippen molar-refractivity contribution in [1.29, 1.82) is 0 Å². The van der Waals surface area contributed by atoms with Crippen LogP contribution in [0.1, 0.15) is 5.82 Å². The topological polar surface area (TPSA) is 86.0 Å². The van der Waals surface area contributed by atoms with Gasteiger partial charge in [-0.1, -0.05) is 23.4 Å². The Hall–Kier alpha value is -2.54. The molecule has 0 spiro atoms. The number of hydrogen-bond acceptors (Lipinski definition) is 6. The Morgan fingerprint density at radius 2 is 1.86 bits per heavy atom. The zero-order valence-electron chi connectivity index (χ0n) is 11.6. The van der Waals surface area contributed by atoms with Gasteiger partial charge in [-0.15, -0.1) is 0 Å². The summed E-state index contributed by atoms with van der Waals surface area (Å²) < 4.78 is 29.5. The average Bonchev–Trinajstić information content (AvgIpc) is 3.04. The third-order valence-corrected chi connectivity index (χ3v) is 4.81. The van der Waals surface area contributed by atoms with E-state index in [4.69, 9.17) is 4.52 Å². The Morgan fingerprint density at radius 1 is 1.05 bits per heavy atom. The second-order valence-electron chi connectivity index (χ2n) is 4.64. The molecule has 0 saturated heterocycles. The molecule has 2 aromatic heterocycles. The van der Waals surface area contributed by atoms with E-state index in [-0.39, 0.29) is 12.2 Å². The van der Waals surface area contributed by atoms with Crippen LogP contribution in [0.15, 0.2) is 64.3 Å². The molecule has 0 aliphatic heterocycles. The van der Waals surface area contributed by atoms with Crippen molar-refractivity contribution in [3.05, 3.63) is 60.7 Å². The van der Waals surface area contributed by atoms with Crippen LogP contribution in [0.3, 0.4) is 0 Å². The summed E-state index contributed by atoms with van der Waals surface area (Å²) in [5.41, 5.74) is 0.701. The van der Waals surface area contributed by atoms with Gasteiger partial charge in [-0.05, 0) is 24.3 Å². The molecule has 0 unspecified atom stereocenters. The molecule has 22 heavy (non-hydrogen) atoms. The fourth-order valence-corrected chi connectivity index (χ4v) is 3.19. The monoisotopic (exact) mass is 315 g/mol. The Bertz CT molecular complexity index is 846. The van der Waals surface area contributed by atoms with Crippen molar-refractivity contribution in [3.8, 4) is 11.5 Å². The van der Waals surface area contributed by atoms with E-state index in [0.29, 0.717) is 22.2 Å². The summed E-state index contributed by atoms with van der Waals surface area (Å²) in [5, 5.41) is 3.81. The predicted molar refractivity (Wildman–Crippen MR) is 79.7 cm³/mol. The summed E-state index contributed by atoms with van der Waals surface area (Å²) in [5.74, 6) is 0.627. The number of benzene rings is 1. The minimum atomic E-state index is -3.35. The number of pyridine rings is 1. The Balaban J connectivity index is 1.72. The number of sulfone groups is 1. The lowest BCUT2D eigenvalue weighted by atomic mass is 10.3. The quantitative estimate of drug-likeness (QED) is 0.717. The molecule has 0 aliphatic carbocycles. The van der Waals surface area contributed by atoms with Crippen molar-refractivity contribution in [2.24, 2.45) is 0 Å². The normalized spacial score (nSPS) is 11.5. The molecule has 112 valence electrons. The highest BCUT2D eigenvalue weighted by Crippen LogP contribution is 2.16. The van der Waals surface area contributed by atoms with Gasteiger partial charge in [0.2, 0.25) is 0 Å². The molecular formula is C15H13N3O3S. The second-order valence-corrected chi connectivity index (χ2v) is 6.75. The molecule has 3 rings (SSSR count). The Morgan fingerprint density at radius 3 is 2.59 bits per heavy atom. The van der Waals surface area contributed by atoms with Gasteiger partial charge < -0.3 is 4.52 Å². The summed E-state index contributed by atoms with van der Waals surface area (Å²) in [6.07, 6.45) is 3.45. The number of rotatable bonds is 5. The fourth-order valence-electron chi connectivity index (χ4n) is 1.93. The minimum Gasteiger partial charge on any atom is -0.334 e. The van der Waals surface area contributed by atoms with Crippen LogP contribution in [-0.4, -0.2) is 29.3 Å². The van der Waals surface area contributed by atoms with Gasteiger partial charge in [0.15, 0.2) is 15.7 Å². The smallest absolute Gasteiger partial charge is 0.259 e. The molecule has 2 heterocycles. The Kier molecular flexibility index (Phi) is 3.97. The van der Waals surface area contributed by atoms with E-state index < -0.39 is 9.84 Å². The molecule has 6 nitrogen and oxygen atoms in total. The van der Waals surface area contributed by atoms with Crippen molar-refractivity contribution in [3.63, 3.8) is 0 Å². The first-order valence-electron chi connectivity index (χ1n) is 6.66. The minimum absolute atomic E-state index is 0.0664. The summed E-state index contributed by atoms with van der Waals surface area (Å²) in [7, 11) is -3.35. The third-order valence-electron chi connectivity index (χ3n) is 3.07. The first kappa shape index (κ1) is 14.4. The van der Waals surface area contributed by atoms with Crippen LogP contribution < -0.4 is 0 Å². The van der Waals surface area contributed by atoms with Gasteiger partial charge in [0.25, 0.3) is 5.89 Å². The van der Waals surface area contributed by atoms with Crippen LogP contribution >= 0.6 is 0 Å². The maximum Gasteiger partial charge on any atom is 0.259 e. The van der Waals surface area contributed by atoms with Gasteiger partial charge in [-0.25, -0.2) is 8.42 Å². The first-order chi connectivity index (χ1) is 10.6. The van der Waals surface area contributed by atoms with Crippen molar-refractivity contribution < 1.29 is 12.9 Å². The molecule has 0 atom stereocenters. The summed E-state index contributed by atoms with van der Waals surface area (Å²) in [4.78, 5) is 8.46. The van der Waals surface area contributed by atoms with E-state index in [2.05, 4.69) is 15.1 Å². The molecule has 0 fully saturated rings. The largest absolute Gasteiger partial charge is 0.334 e. The molecular weight excluding hydrogens is 302 g/mol. The molecule has 7 heteroatoms. The summed E-state index contributed by atoms with van der Waals surface area (Å²) >= 11 is 0. The van der Waals surface area contributed by atoms with Gasteiger partial charge in [-0.3, -0.25) is 4.98 Å². The SMILES string of the molecule is O=S(=O)(CCc1noc(-c2cccnc2)n1)c1ccccc1. The maximum absolute atomic E-state index is 12.2. The van der Waals surface area contributed by atoms with Gasteiger partial charge in [-0.2, -0.15) is 4.98 Å². The second kappa shape index (κ2) is 6.07. The summed E-state index contributed by atoms with van der Waals surface area (Å²) in [6.45, 7) is 0. The van der Waals surface area contributed by atoms with Crippen molar-refractivity contribution >= 4 is 9.84 Å². The van der Waals surface area contributed by atoms with E-state index in [1.165, 1.54) is 0 Å². The van der Waals surface area contributed by atoms with Crippen LogP contribution in [0.5, 0.6) is 0 Å². The molecule has 0 bridgehead atoms. The van der Waals surface area contributed by atoms with Crippen molar-refractivity contribution in [2.75, 3.05) is 5.75 Å². The zero-order valence-corrected chi connectivity index (χ0v) is 12.4. The van der Waals surface area contributed by atoms with Gasteiger partial charge in [0, 0.05) is 18.8 Å². The fraction of sp³-hybridized carbons (Fsp3) is 0.133. The first-order valence-corrected chi connectivity index (χ1v) is 8.31. The molecule has 0 aliphatic rings. The number of nitrogens with zero attached hydrogens (tertiary/aromatic N) is 3. The molecule has 1 aromatic carbocycles. The Labute approximate surface area is 127 Å². The molecule has 3 aromatic rings. The molecule has 0 radical (unpaired) electrons. The lowest BCUT2D eigenvalue weighted by Crippen LogP contribution is -2.09. The van der Waals surface area contributed by atoms with Crippen LogP contribution in [0.2, 0.25) is 0 Å². The van der Waals surface area contributed by atoms with E-state index in [1.54, 1.807) is 54.9 Å². The van der Waals surface area contributed by atoms with E-state index >= 15 is 0 Å². The average molecular weight is 315 g/mol. The number of aromatic nitrogens is 3. The van der Waals surface area contributed by atoms with E-state index in [0.717, 1.165) is 0 Å². The van der Waals surface area contributed by atoms with Gasteiger partial charge in [0.05, 0.1) is 16.2 Å². The van der Waals surface area contributed by atoms with Crippen LogP contribution in [-0.2, 0) is 16.3 Å². The van der Waals surface area contributed by atoms with Gasteiger partial charge in [0.1, 0.15) is 0 Å². The highest BCUT2D eigenvalue weighted by Gasteiger charge is 2.16. The lowest BCUT2D eigenvalue weighted by Gasteiger charge is -2.01. The highest BCUT2D eigenvalue weighted by atomic mass is 32.2. The summed E-state index contributed by atoms with van der Waals surface area (Å²) in [6, 6.07) is 11.9. The van der Waals surface area contributed by atoms with E-state index in [9.17, 15) is 8.42 Å². The van der Waals surface area contributed by atoms with E-state index in [1.807, 2.05) is 0 Å². The standard InChI is InChI=1S/C15H13N3O3S/c19-22(20,13-6-2-1-3-7-13)10-8-14-17-15(21-18-14)12-5-4-9-16-11-12/h1-7,9,11H,8,10H2. The maximum atomic E-state index is 12.2. The van der Waals surface area contributed by atoms with Crippen LogP contribution in [0, 0.1) is 0 Å². The lowest BCUT2D eigenvalue weighted by molar-refractivity contribution is 0.423.